The van der Waals surface area contributed by atoms with E-state index in [0.29, 0.717) is 18.8 Å². The predicted molar refractivity (Wildman–Crippen MR) is 106 cm³/mol. The lowest BCUT2D eigenvalue weighted by Crippen LogP contribution is -2.45. The third-order valence-electron chi connectivity index (χ3n) is 5.37. The number of hydrogen-bond donors (Lipinski definition) is 2. The molecule has 0 unspecified atom stereocenters. The molecule has 0 radical (unpaired) electrons. The maximum atomic E-state index is 11.8. The van der Waals surface area contributed by atoms with E-state index in [4.69, 9.17) is 4.74 Å². The van der Waals surface area contributed by atoms with Gasteiger partial charge in [-0.15, -0.1) is 0 Å². The average Bonchev–Trinajstić information content (AvgIpc) is 2.92. The Morgan fingerprint density at radius 1 is 1.00 bits per heavy atom. The van der Waals surface area contributed by atoms with E-state index in [9.17, 15) is 4.79 Å². The van der Waals surface area contributed by atoms with Crippen LogP contribution in [0.15, 0.2) is 4.99 Å². The van der Waals surface area contributed by atoms with Crippen molar-refractivity contribution < 1.29 is 9.53 Å². The fourth-order valence-electron chi connectivity index (χ4n) is 3.68. The Bertz CT molecular complexity index is 426. The highest BCUT2D eigenvalue weighted by Gasteiger charge is 2.16. The van der Waals surface area contributed by atoms with Gasteiger partial charge >= 0.3 is 0 Å². The molecule has 6 heteroatoms. The quantitative estimate of drug-likeness (QED) is 0.315. The van der Waals surface area contributed by atoms with Crippen molar-refractivity contribution in [2.24, 2.45) is 4.99 Å². The summed E-state index contributed by atoms with van der Waals surface area (Å²) in [5, 5.41) is 6.87. The Morgan fingerprint density at radius 3 is 2.27 bits per heavy atom. The SMILES string of the molecule is CN(C)C(=O)CN=C(NCCOC1CCCCCC1)NC1CCCCC1. The molecule has 26 heavy (non-hydrogen) atoms. The van der Waals surface area contributed by atoms with Gasteiger partial charge in [0.05, 0.1) is 12.7 Å². The lowest BCUT2D eigenvalue weighted by atomic mass is 9.96. The molecule has 0 heterocycles. The third kappa shape index (κ3) is 8.39. The molecular formula is C20H38N4O2. The van der Waals surface area contributed by atoms with Crippen molar-refractivity contribution >= 4 is 11.9 Å². The maximum absolute atomic E-state index is 11.8. The van der Waals surface area contributed by atoms with Gasteiger partial charge < -0.3 is 20.3 Å². The van der Waals surface area contributed by atoms with Gasteiger partial charge in [-0.05, 0) is 25.7 Å². The van der Waals surface area contributed by atoms with Crippen LogP contribution in [0.2, 0.25) is 0 Å². The molecule has 0 aromatic carbocycles. The number of likely N-dealkylation sites (N-methyl/N-ethyl adjacent to an activating group) is 1. The van der Waals surface area contributed by atoms with E-state index in [-0.39, 0.29) is 12.5 Å². The van der Waals surface area contributed by atoms with Crippen molar-refractivity contribution in [1.82, 2.24) is 15.5 Å². The van der Waals surface area contributed by atoms with Gasteiger partial charge in [0.2, 0.25) is 5.91 Å². The van der Waals surface area contributed by atoms with Crippen LogP contribution in [0.25, 0.3) is 0 Å². The molecule has 2 aliphatic carbocycles. The fraction of sp³-hybridized carbons (Fsp3) is 0.900. The Kier molecular flexibility index (Phi) is 9.82. The summed E-state index contributed by atoms with van der Waals surface area (Å²) < 4.78 is 6.05. The van der Waals surface area contributed by atoms with E-state index in [1.165, 1.54) is 70.6 Å². The van der Waals surface area contributed by atoms with E-state index < -0.39 is 0 Å². The highest BCUT2D eigenvalue weighted by atomic mass is 16.5. The number of aliphatic imine (C=N–C) groups is 1. The van der Waals surface area contributed by atoms with Gasteiger partial charge in [-0.25, -0.2) is 4.99 Å². The lowest BCUT2D eigenvalue weighted by molar-refractivity contribution is -0.127. The summed E-state index contributed by atoms with van der Waals surface area (Å²) >= 11 is 0. The van der Waals surface area contributed by atoms with Gasteiger partial charge in [0.25, 0.3) is 0 Å². The van der Waals surface area contributed by atoms with Crippen molar-refractivity contribution in [1.29, 1.82) is 0 Å². The molecule has 0 aromatic rings. The molecule has 1 amide bonds. The van der Waals surface area contributed by atoms with Crippen molar-refractivity contribution in [2.75, 3.05) is 33.8 Å². The van der Waals surface area contributed by atoms with Gasteiger partial charge in [-0.2, -0.15) is 0 Å². The molecule has 0 atom stereocenters. The zero-order valence-corrected chi connectivity index (χ0v) is 16.8. The molecular weight excluding hydrogens is 328 g/mol. The normalized spacial score (nSPS) is 20.5. The summed E-state index contributed by atoms with van der Waals surface area (Å²) in [5.41, 5.74) is 0. The topological polar surface area (TPSA) is 66.0 Å². The monoisotopic (exact) mass is 366 g/mol. The minimum Gasteiger partial charge on any atom is -0.376 e. The predicted octanol–water partition coefficient (Wildman–Crippen LogP) is 2.68. The van der Waals surface area contributed by atoms with Crippen LogP contribution in [0.5, 0.6) is 0 Å². The molecule has 2 fully saturated rings. The molecule has 0 bridgehead atoms. The van der Waals surface area contributed by atoms with Crippen LogP contribution in [-0.2, 0) is 9.53 Å². The van der Waals surface area contributed by atoms with Crippen molar-refractivity contribution in [3.8, 4) is 0 Å². The molecule has 0 aromatic heterocycles. The molecule has 2 saturated carbocycles. The molecule has 0 spiro atoms. The second-order valence-electron chi connectivity index (χ2n) is 7.84. The number of hydrogen-bond acceptors (Lipinski definition) is 3. The smallest absolute Gasteiger partial charge is 0.243 e. The van der Waals surface area contributed by atoms with Gasteiger partial charge in [0.1, 0.15) is 6.54 Å². The van der Waals surface area contributed by atoms with Crippen LogP contribution in [0, 0.1) is 0 Å². The number of ether oxygens (including phenoxy) is 1. The largest absolute Gasteiger partial charge is 0.376 e. The lowest BCUT2D eigenvalue weighted by Gasteiger charge is -2.25. The third-order valence-corrected chi connectivity index (χ3v) is 5.37. The van der Waals surface area contributed by atoms with E-state index in [1.54, 1.807) is 19.0 Å². The van der Waals surface area contributed by atoms with Gasteiger partial charge in [0.15, 0.2) is 5.96 Å². The second-order valence-corrected chi connectivity index (χ2v) is 7.84. The van der Waals surface area contributed by atoms with E-state index in [2.05, 4.69) is 15.6 Å². The number of rotatable bonds is 7. The number of carbonyl (C=O) groups is 1. The number of amides is 1. The zero-order chi connectivity index (χ0) is 18.6. The molecule has 0 aliphatic heterocycles. The maximum Gasteiger partial charge on any atom is 0.243 e. The van der Waals surface area contributed by atoms with Crippen LogP contribution in [0.1, 0.15) is 70.6 Å². The summed E-state index contributed by atoms with van der Waals surface area (Å²) in [4.78, 5) is 17.9. The molecule has 2 aliphatic rings. The summed E-state index contributed by atoms with van der Waals surface area (Å²) in [6.45, 7) is 1.60. The Morgan fingerprint density at radius 2 is 1.62 bits per heavy atom. The van der Waals surface area contributed by atoms with E-state index in [1.807, 2.05) is 0 Å². The number of nitrogens with one attached hydrogen (secondary N) is 2. The van der Waals surface area contributed by atoms with E-state index in [0.717, 1.165) is 12.5 Å². The fourth-order valence-corrected chi connectivity index (χ4v) is 3.68. The van der Waals surface area contributed by atoms with Crippen LogP contribution < -0.4 is 10.6 Å². The number of nitrogens with zero attached hydrogens (tertiary/aromatic N) is 2. The molecule has 150 valence electrons. The molecule has 2 rings (SSSR count). The van der Waals surface area contributed by atoms with Crippen molar-refractivity contribution in [3.63, 3.8) is 0 Å². The molecule has 0 saturated heterocycles. The Labute approximate surface area is 159 Å². The first-order chi connectivity index (χ1) is 12.6. The summed E-state index contributed by atoms with van der Waals surface area (Å²) in [6, 6.07) is 0.465. The van der Waals surface area contributed by atoms with Gasteiger partial charge in [-0.3, -0.25) is 4.79 Å². The summed E-state index contributed by atoms with van der Waals surface area (Å²) in [5.74, 6) is 0.765. The zero-order valence-electron chi connectivity index (χ0n) is 16.8. The van der Waals surface area contributed by atoms with Crippen LogP contribution in [0.4, 0.5) is 0 Å². The van der Waals surface area contributed by atoms with Gasteiger partial charge in [0, 0.05) is 26.7 Å². The van der Waals surface area contributed by atoms with Crippen LogP contribution >= 0.6 is 0 Å². The first-order valence-corrected chi connectivity index (χ1v) is 10.5. The minimum atomic E-state index is 0.0180. The Hall–Kier alpha value is -1.30. The molecule has 6 nitrogen and oxygen atoms in total. The molecule has 2 N–H and O–H groups in total. The van der Waals surface area contributed by atoms with E-state index >= 15 is 0 Å². The highest BCUT2D eigenvalue weighted by Crippen LogP contribution is 2.19. The highest BCUT2D eigenvalue weighted by molar-refractivity contribution is 5.84. The van der Waals surface area contributed by atoms with Crippen molar-refractivity contribution in [2.45, 2.75) is 82.8 Å². The van der Waals surface area contributed by atoms with Crippen LogP contribution in [-0.4, -0.2) is 62.7 Å². The minimum absolute atomic E-state index is 0.0180. The van der Waals surface area contributed by atoms with Crippen molar-refractivity contribution in [3.05, 3.63) is 0 Å². The van der Waals surface area contributed by atoms with Crippen LogP contribution in [0.3, 0.4) is 0 Å². The first kappa shape index (κ1) is 21.0. The first-order valence-electron chi connectivity index (χ1n) is 10.5. The Balaban J connectivity index is 1.76. The summed E-state index contributed by atoms with van der Waals surface area (Å²) in [7, 11) is 3.53. The second kappa shape index (κ2) is 12.2. The summed E-state index contributed by atoms with van der Waals surface area (Å²) in [6.07, 6.45) is 14.3. The van der Waals surface area contributed by atoms with Gasteiger partial charge in [-0.1, -0.05) is 44.9 Å². The average molecular weight is 367 g/mol. The number of guanidine groups is 1. The standard InChI is InChI=1S/C20H38N4O2/c1-24(2)19(25)16-22-20(23-17-10-6-5-7-11-17)21-14-15-26-18-12-8-3-4-9-13-18/h17-18H,3-16H2,1-2H3,(H2,21,22,23). The number of carbonyl (C=O) groups excluding carboxylic acids is 1.